The molecule has 2 aromatic rings. The predicted molar refractivity (Wildman–Crippen MR) is 126 cm³/mol. The van der Waals surface area contributed by atoms with Crippen LogP contribution in [0.4, 0.5) is 10.1 Å². The molecular weight excluding hydrogens is 468 g/mol. The summed E-state index contributed by atoms with van der Waals surface area (Å²) in [5.41, 5.74) is 2.54. The minimum absolute atomic E-state index is 0. The largest absolute Gasteiger partial charge is 0.370 e. The molecule has 0 atom stereocenters. The Bertz CT molecular complexity index is 720. The van der Waals surface area contributed by atoms with E-state index in [1.807, 2.05) is 56.0 Å². The summed E-state index contributed by atoms with van der Waals surface area (Å²) < 4.78 is 14.4. The number of guanidine groups is 1. The van der Waals surface area contributed by atoms with Gasteiger partial charge in [-0.25, -0.2) is 9.38 Å². The highest BCUT2D eigenvalue weighted by atomic mass is 127. The molecule has 0 radical (unpaired) electrons. The zero-order valence-electron chi connectivity index (χ0n) is 16.9. The monoisotopic (exact) mass is 499 g/mol. The standard InChI is InChI=1S/C21H30FN5.HI/c1-4-23-21(25-14-12-18-9-7-8-13-24-18)26-16-17-10-11-20(19(22)15-17)27(5-2)6-3;/h7-11,13,15H,4-6,12,14,16H2,1-3H3,(H2,23,25,26);1H. The van der Waals surface area contributed by atoms with E-state index in [1.165, 1.54) is 0 Å². The van der Waals surface area contributed by atoms with Crippen LogP contribution >= 0.6 is 24.0 Å². The lowest BCUT2D eigenvalue weighted by atomic mass is 10.2. The number of hydrogen-bond acceptors (Lipinski definition) is 3. The molecule has 0 bridgehead atoms. The van der Waals surface area contributed by atoms with Crippen LogP contribution in [0.15, 0.2) is 47.6 Å². The van der Waals surface area contributed by atoms with Crippen molar-refractivity contribution in [2.75, 3.05) is 31.1 Å². The van der Waals surface area contributed by atoms with Crippen LogP contribution in [0.1, 0.15) is 32.0 Å². The molecule has 2 rings (SSSR count). The molecule has 0 saturated carbocycles. The Kier molecular flexibility index (Phi) is 11.5. The van der Waals surface area contributed by atoms with Crippen molar-refractivity contribution in [2.45, 2.75) is 33.7 Å². The predicted octanol–water partition coefficient (Wildman–Crippen LogP) is 3.98. The lowest BCUT2D eigenvalue weighted by Gasteiger charge is -2.21. The minimum atomic E-state index is -0.195. The van der Waals surface area contributed by atoms with Gasteiger partial charge in [0.05, 0.1) is 12.2 Å². The van der Waals surface area contributed by atoms with Gasteiger partial charge in [0.2, 0.25) is 0 Å². The van der Waals surface area contributed by atoms with Gasteiger partial charge in [0.15, 0.2) is 5.96 Å². The highest BCUT2D eigenvalue weighted by Gasteiger charge is 2.09. The average molecular weight is 499 g/mol. The normalized spacial score (nSPS) is 10.9. The fraction of sp³-hybridized carbons (Fsp3) is 0.429. The van der Waals surface area contributed by atoms with E-state index in [4.69, 9.17) is 0 Å². The highest BCUT2D eigenvalue weighted by Crippen LogP contribution is 2.20. The van der Waals surface area contributed by atoms with Crippen LogP contribution in [0.2, 0.25) is 0 Å². The molecule has 7 heteroatoms. The maximum atomic E-state index is 14.4. The van der Waals surface area contributed by atoms with E-state index in [-0.39, 0.29) is 29.8 Å². The molecule has 2 N–H and O–H groups in total. The smallest absolute Gasteiger partial charge is 0.191 e. The summed E-state index contributed by atoms with van der Waals surface area (Å²) in [7, 11) is 0. The Hall–Kier alpha value is -1.90. The van der Waals surface area contributed by atoms with Gasteiger partial charge in [-0.1, -0.05) is 12.1 Å². The SMILES string of the molecule is CCNC(=NCc1ccc(N(CC)CC)c(F)c1)NCCc1ccccn1.I. The number of aliphatic imine (C=N–C) groups is 1. The number of nitrogens with one attached hydrogen (secondary N) is 2. The Balaban J connectivity index is 0.00000392. The first-order valence-corrected chi connectivity index (χ1v) is 9.63. The molecule has 28 heavy (non-hydrogen) atoms. The lowest BCUT2D eigenvalue weighted by Crippen LogP contribution is -2.38. The number of pyridine rings is 1. The number of anilines is 1. The van der Waals surface area contributed by atoms with Crippen LogP contribution in [0, 0.1) is 5.82 Å². The molecule has 0 aliphatic rings. The van der Waals surface area contributed by atoms with Crippen molar-refractivity contribution in [2.24, 2.45) is 4.99 Å². The summed E-state index contributed by atoms with van der Waals surface area (Å²) in [6, 6.07) is 11.3. The van der Waals surface area contributed by atoms with Gasteiger partial charge < -0.3 is 15.5 Å². The lowest BCUT2D eigenvalue weighted by molar-refractivity contribution is 0.617. The molecule has 0 unspecified atom stereocenters. The molecule has 0 amide bonds. The first-order valence-electron chi connectivity index (χ1n) is 9.63. The molecular formula is C21H31FIN5. The molecule has 1 aromatic heterocycles. The van der Waals surface area contributed by atoms with Crippen molar-refractivity contribution >= 4 is 35.6 Å². The Labute approximate surface area is 184 Å². The number of halogens is 2. The van der Waals surface area contributed by atoms with Crippen molar-refractivity contribution in [3.8, 4) is 0 Å². The molecule has 1 heterocycles. The van der Waals surface area contributed by atoms with Crippen LogP contribution < -0.4 is 15.5 Å². The summed E-state index contributed by atoms with van der Waals surface area (Å²) >= 11 is 0. The third-order valence-electron chi connectivity index (χ3n) is 4.28. The summed E-state index contributed by atoms with van der Waals surface area (Å²) in [6.45, 7) is 9.58. The van der Waals surface area contributed by atoms with Crippen LogP contribution in [0.5, 0.6) is 0 Å². The molecule has 0 aliphatic heterocycles. The quantitative estimate of drug-likeness (QED) is 0.312. The van der Waals surface area contributed by atoms with Crippen molar-refractivity contribution < 1.29 is 4.39 Å². The van der Waals surface area contributed by atoms with Crippen LogP contribution in [0.25, 0.3) is 0 Å². The molecule has 1 aromatic carbocycles. The second-order valence-corrected chi connectivity index (χ2v) is 6.15. The van der Waals surface area contributed by atoms with E-state index in [9.17, 15) is 4.39 Å². The third kappa shape index (κ3) is 7.61. The van der Waals surface area contributed by atoms with Crippen molar-refractivity contribution in [3.05, 3.63) is 59.7 Å². The van der Waals surface area contributed by atoms with E-state index in [0.717, 1.165) is 49.8 Å². The number of aromatic nitrogens is 1. The minimum Gasteiger partial charge on any atom is -0.370 e. The van der Waals surface area contributed by atoms with Gasteiger partial charge >= 0.3 is 0 Å². The maximum Gasteiger partial charge on any atom is 0.191 e. The molecule has 154 valence electrons. The van der Waals surface area contributed by atoms with Gasteiger partial charge in [0.25, 0.3) is 0 Å². The summed E-state index contributed by atoms with van der Waals surface area (Å²) in [5, 5.41) is 6.52. The van der Waals surface area contributed by atoms with Crippen LogP contribution in [-0.4, -0.2) is 37.1 Å². The number of nitrogens with zero attached hydrogens (tertiary/aromatic N) is 3. The van der Waals surface area contributed by atoms with E-state index in [2.05, 4.69) is 20.6 Å². The Morgan fingerprint density at radius 1 is 1.11 bits per heavy atom. The van der Waals surface area contributed by atoms with Gasteiger partial charge in [-0.15, -0.1) is 24.0 Å². The van der Waals surface area contributed by atoms with E-state index in [1.54, 1.807) is 12.3 Å². The van der Waals surface area contributed by atoms with Crippen molar-refractivity contribution in [1.29, 1.82) is 0 Å². The van der Waals surface area contributed by atoms with Gasteiger partial charge in [-0.2, -0.15) is 0 Å². The first-order chi connectivity index (χ1) is 13.2. The molecule has 0 fully saturated rings. The van der Waals surface area contributed by atoms with Crippen LogP contribution in [0.3, 0.4) is 0 Å². The van der Waals surface area contributed by atoms with E-state index < -0.39 is 0 Å². The van der Waals surface area contributed by atoms with Crippen molar-refractivity contribution in [1.82, 2.24) is 15.6 Å². The number of benzene rings is 1. The number of rotatable bonds is 9. The first kappa shape index (κ1) is 24.1. The van der Waals surface area contributed by atoms with Gasteiger partial charge in [0.1, 0.15) is 5.82 Å². The summed E-state index contributed by atoms with van der Waals surface area (Å²) in [4.78, 5) is 10.9. The van der Waals surface area contributed by atoms with E-state index in [0.29, 0.717) is 12.2 Å². The molecule has 0 saturated heterocycles. The second kappa shape index (κ2) is 13.3. The topological polar surface area (TPSA) is 52.6 Å². The molecule has 0 aliphatic carbocycles. The van der Waals surface area contributed by atoms with Crippen LogP contribution in [-0.2, 0) is 13.0 Å². The zero-order chi connectivity index (χ0) is 19.5. The third-order valence-corrected chi connectivity index (χ3v) is 4.28. The molecule has 5 nitrogen and oxygen atoms in total. The van der Waals surface area contributed by atoms with Crippen molar-refractivity contribution in [3.63, 3.8) is 0 Å². The van der Waals surface area contributed by atoms with Gasteiger partial charge in [-0.05, 0) is 50.6 Å². The summed E-state index contributed by atoms with van der Waals surface area (Å²) in [5.74, 6) is 0.529. The van der Waals surface area contributed by atoms with Gasteiger partial charge in [-0.3, -0.25) is 4.98 Å². The van der Waals surface area contributed by atoms with E-state index >= 15 is 0 Å². The summed E-state index contributed by atoms with van der Waals surface area (Å²) in [6.07, 6.45) is 2.61. The molecule has 0 spiro atoms. The van der Waals surface area contributed by atoms with Gasteiger partial charge in [0, 0.05) is 44.5 Å². The Morgan fingerprint density at radius 3 is 2.50 bits per heavy atom. The Morgan fingerprint density at radius 2 is 1.89 bits per heavy atom. The second-order valence-electron chi connectivity index (χ2n) is 6.15. The highest BCUT2D eigenvalue weighted by molar-refractivity contribution is 14.0. The fourth-order valence-electron chi connectivity index (χ4n) is 2.84. The average Bonchev–Trinajstić information content (AvgIpc) is 2.69. The zero-order valence-corrected chi connectivity index (χ0v) is 19.2. The number of hydrogen-bond donors (Lipinski definition) is 2. The fourth-order valence-corrected chi connectivity index (χ4v) is 2.84. The maximum absolute atomic E-state index is 14.4.